The van der Waals surface area contributed by atoms with Crippen LogP contribution in [0.3, 0.4) is 0 Å². The highest BCUT2D eigenvalue weighted by molar-refractivity contribution is 6.31. The maximum Gasteiger partial charge on any atom is 0.318 e. The third kappa shape index (κ3) is 7.93. The topological polar surface area (TPSA) is 119 Å². The summed E-state index contributed by atoms with van der Waals surface area (Å²) in [5.74, 6) is 0.572. The number of hydrogen-bond donors (Lipinski definition) is 1. The molecule has 5 aliphatic heterocycles. The summed E-state index contributed by atoms with van der Waals surface area (Å²) in [7, 11) is 1.57. The Balaban J connectivity index is 0.000000381. The van der Waals surface area contributed by atoms with Gasteiger partial charge in [-0.2, -0.15) is 9.97 Å². The van der Waals surface area contributed by atoms with Crippen LogP contribution in [0.25, 0.3) is 0 Å². The van der Waals surface area contributed by atoms with Crippen molar-refractivity contribution in [2.75, 3.05) is 71.0 Å². The predicted molar refractivity (Wildman–Crippen MR) is 184 cm³/mol. The van der Waals surface area contributed by atoms with Gasteiger partial charge >= 0.3 is 6.01 Å². The van der Waals surface area contributed by atoms with Gasteiger partial charge in [0.05, 0.1) is 56.7 Å². The second-order valence-corrected chi connectivity index (χ2v) is 13.3. The molecule has 0 aliphatic carbocycles. The van der Waals surface area contributed by atoms with Gasteiger partial charge in [0.15, 0.2) is 0 Å². The highest BCUT2D eigenvalue weighted by Crippen LogP contribution is 2.38. The van der Waals surface area contributed by atoms with Crippen LogP contribution < -0.4 is 15.4 Å². The van der Waals surface area contributed by atoms with Crippen LogP contribution in [0.5, 0.6) is 6.01 Å². The molecule has 1 amide bonds. The number of methoxy groups -OCH3 is 1. The lowest BCUT2D eigenvalue weighted by Gasteiger charge is -2.31. The van der Waals surface area contributed by atoms with E-state index in [1.165, 1.54) is 12.8 Å². The number of morpholine rings is 1. The molecule has 1 aromatic carbocycles. The lowest BCUT2D eigenvalue weighted by molar-refractivity contribution is -0.131. The predicted octanol–water partition coefficient (Wildman–Crippen LogP) is 4.06. The normalized spacial score (nSPS) is 24.6. The minimum absolute atomic E-state index is 0.159. The number of carbonyl (C=O) groups is 1. The first-order valence-corrected chi connectivity index (χ1v) is 17.6. The van der Waals surface area contributed by atoms with Crippen molar-refractivity contribution in [1.29, 1.82) is 0 Å². The summed E-state index contributed by atoms with van der Waals surface area (Å²) in [6.45, 7) is 8.27. The fourth-order valence-electron chi connectivity index (χ4n) is 7.33. The number of alkyl halides is 1. The molecule has 0 spiro atoms. The first-order chi connectivity index (χ1) is 23.3. The first kappa shape index (κ1) is 34.5. The number of ether oxygens (including phenoxy) is 3. The molecule has 3 atom stereocenters. The van der Waals surface area contributed by atoms with Crippen molar-refractivity contribution in [2.45, 2.75) is 70.4 Å². The van der Waals surface area contributed by atoms with Crippen molar-refractivity contribution in [3.05, 3.63) is 57.4 Å². The van der Waals surface area contributed by atoms with Crippen LogP contribution in [0, 0.1) is 0 Å². The van der Waals surface area contributed by atoms with Crippen LogP contribution in [0.2, 0.25) is 5.02 Å². The molecule has 1 aromatic heterocycles. The second kappa shape index (κ2) is 15.9. The Morgan fingerprint density at radius 2 is 2.02 bits per heavy atom. The number of aliphatic imine (C=N–C) groups is 1. The fourth-order valence-corrected chi connectivity index (χ4v) is 7.65. The summed E-state index contributed by atoms with van der Waals surface area (Å²) in [6, 6.07) is 6.87. The molecule has 13 heteroatoms. The van der Waals surface area contributed by atoms with Gasteiger partial charge in [-0.15, -0.1) is 0 Å². The van der Waals surface area contributed by atoms with Crippen LogP contribution in [0.15, 0.2) is 35.0 Å². The SMILES string of the molecule is CCc1c(Cl)cccc1C1Cc2nc(OC)nc(N3CCCN=C(/C=C(\N)C(=O)N4CCOCC4)C3)c2CO1.FC1CC2CCCN2C1. The van der Waals surface area contributed by atoms with E-state index in [2.05, 4.69) is 22.8 Å². The van der Waals surface area contributed by atoms with Crippen LogP contribution in [0.4, 0.5) is 10.2 Å². The molecule has 2 aromatic rings. The Morgan fingerprint density at radius 1 is 1.19 bits per heavy atom. The molecular weight excluding hydrogens is 637 g/mol. The van der Waals surface area contributed by atoms with E-state index < -0.39 is 6.17 Å². The molecule has 3 saturated heterocycles. The van der Waals surface area contributed by atoms with Crippen molar-refractivity contribution in [1.82, 2.24) is 19.8 Å². The zero-order valence-corrected chi connectivity index (χ0v) is 28.8. The van der Waals surface area contributed by atoms with Crippen LogP contribution >= 0.6 is 11.6 Å². The Labute approximate surface area is 287 Å². The maximum atomic E-state index is 12.8. The molecule has 48 heavy (non-hydrogen) atoms. The van der Waals surface area contributed by atoms with Crippen molar-refractivity contribution in [2.24, 2.45) is 10.7 Å². The van der Waals surface area contributed by atoms with Gasteiger partial charge in [0, 0.05) is 55.8 Å². The first-order valence-electron chi connectivity index (χ1n) is 17.2. The smallest absolute Gasteiger partial charge is 0.318 e. The molecule has 260 valence electrons. The number of carbonyl (C=O) groups excluding carboxylic acids is 1. The van der Waals surface area contributed by atoms with Gasteiger partial charge in [-0.1, -0.05) is 30.7 Å². The molecule has 0 radical (unpaired) electrons. The van der Waals surface area contributed by atoms with E-state index in [1.54, 1.807) is 18.1 Å². The van der Waals surface area contributed by atoms with Gasteiger partial charge in [0.1, 0.15) is 12.0 Å². The molecule has 3 fully saturated rings. The zero-order valence-electron chi connectivity index (χ0n) is 28.0. The number of rotatable bonds is 6. The molecule has 3 unspecified atom stereocenters. The van der Waals surface area contributed by atoms with E-state index in [9.17, 15) is 9.18 Å². The molecule has 11 nitrogen and oxygen atoms in total. The maximum absolute atomic E-state index is 12.8. The average molecular weight is 684 g/mol. The molecule has 0 saturated carbocycles. The van der Waals surface area contributed by atoms with Gasteiger partial charge in [0.25, 0.3) is 5.91 Å². The number of nitrogens with two attached hydrogens (primary N) is 1. The molecular formula is C35H47ClFN7O4. The zero-order chi connectivity index (χ0) is 33.6. The molecule has 2 N–H and O–H groups in total. The van der Waals surface area contributed by atoms with Crippen molar-refractivity contribution in [3.8, 4) is 6.01 Å². The summed E-state index contributed by atoms with van der Waals surface area (Å²) in [4.78, 5) is 33.1. The number of hydrogen-bond acceptors (Lipinski definition) is 10. The van der Waals surface area contributed by atoms with Crippen LogP contribution in [-0.4, -0.2) is 110 Å². The highest BCUT2D eigenvalue weighted by atomic mass is 35.5. The Morgan fingerprint density at radius 3 is 2.79 bits per heavy atom. The van der Waals surface area contributed by atoms with E-state index >= 15 is 0 Å². The number of nitrogens with zero attached hydrogens (tertiary/aromatic N) is 6. The monoisotopic (exact) mass is 683 g/mol. The average Bonchev–Trinajstić information content (AvgIpc) is 3.61. The number of benzene rings is 1. The second-order valence-electron chi connectivity index (χ2n) is 12.9. The lowest BCUT2D eigenvalue weighted by atomic mass is 9.94. The highest BCUT2D eigenvalue weighted by Gasteiger charge is 2.35. The lowest BCUT2D eigenvalue weighted by Crippen LogP contribution is -2.43. The molecule has 0 bridgehead atoms. The minimum Gasteiger partial charge on any atom is -0.467 e. The number of amides is 1. The van der Waals surface area contributed by atoms with Crippen molar-refractivity contribution < 1.29 is 23.4 Å². The Hall–Kier alpha value is -3.32. The largest absolute Gasteiger partial charge is 0.467 e. The summed E-state index contributed by atoms with van der Waals surface area (Å²) >= 11 is 6.49. The fraction of sp³-hybridized carbons (Fsp3) is 0.600. The summed E-state index contributed by atoms with van der Waals surface area (Å²) in [6.07, 6.45) is 6.59. The summed E-state index contributed by atoms with van der Waals surface area (Å²) in [5.41, 5.74) is 11.2. The van der Waals surface area contributed by atoms with Gasteiger partial charge in [-0.25, -0.2) is 4.39 Å². The van der Waals surface area contributed by atoms with E-state index in [0.717, 1.165) is 71.3 Å². The van der Waals surface area contributed by atoms with Crippen molar-refractivity contribution >= 4 is 29.0 Å². The van der Waals surface area contributed by atoms with Crippen molar-refractivity contribution in [3.63, 3.8) is 0 Å². The number of halogens is 2. The quantitative estimate of drug-likeness (QED) is 0.450. The Bertz CT molecular complexity index is 1510. The standard InChI is InChI=1S/C28H35ClN6O4.C7H12FN/c1-3-19-20(6-4-7-22(19)29)25-15-24-21(17-39-25)26(33-28(32-24)37-2)35-9-5-8-31-18(16-35)14-23(30)27(36)34-10-12-38-13-11-34;8-6-4-7-2-1-3-9(7)5-6/h4,6-7,14,25H,3,5,8-13,15-17,30H2,1-2H3;6-7H,1-5H2/b23-14-;. The van der Waals surface area contributed by atoms with E-state index in [4.69, 9.17) is 46.5 Å². The van der Waals surface area contributed by atoms with E-state index in [-0.39, 0.29) is 17.7 Å². The van der Waals surface area contributed by atoms with Crippen LogP contribution in [0.1, 0.15) is 61.1 Å². The van der Waals surface area contributed by atoms with Gasteiger partial charge in [0.2, 0.25) is 0 Å². The molecule has 7 rings (SSSR count). The Kier molecular flexibility index (Phi) is 11.5. The van der Waals surface area contributed by atoms with Gasteiger partial charge < -0.3 is 29.7 Å². The third-order valence-corrected chi connectivity index (χ3v) is 10.1. The minimum atomic E-state index is -0.518. The van der Waals surface area contributed by atoms with Gasteiger partial charge in [-0.3, -0.25) is 14.7 Å². The number of aromatic nitrogens is 2. The molecule has 6 heterocycles. The number of fused-ring (bicyclic) bond motifs is 2. The number of anilines is 1. The summed E-state index contributed by atoms with van der Waals surface area (Å²) < 4.78 is 29.8. The van der Waals surface area contributed by atoms with E-state index in [0.29, 0.717) is 71.0 Å². The van der Waals surface area contributed by atoms with E-state index in [1.807, 2.05) is 12.1 Å². The third-order valence-electron chi connectivity index (χ3n) is 9.78. The van der Waals surface area contributed by atoms with Gasteiger partial charge in [-0.05, 0) is 61.9 Å². The van der Waals surface area contributed by atoms with Crippen LogP contribution in [-0.2, 0) is 33.7 Å². The molecule has 5 aliphatic rings. The summed E-state index contributed by atoms with van der Waals surface area (Å²) in [5, 5.41) is 0.751.